The van der Waals surface area contributed by atoms with E-state index in [1.165, 1.54) is 32.0 Å². The van der Waals surface area contributed by atoms with Crippen LogP contribution in [0.3, 0.4) is 0 Å². The van der Waals surface area contributed by atoms with Crippen LogP contribution in [-0.2, 0) is 28.5 Å². The molecule has 14 heteroatoms. The Bertz CT molecular complexity index is 1340. The Morgan fingerprint density at radius 2 is 1.72 bits per heavy atom. The number of aromatic nitrogens is 1. The second-order valence-corrected chi connectivity index (χ2v) is 11.1. The molecule has 0 saturated carbocycles. The highest BCUT2D eigenvalue weighted by atomic mass is 16.6. The third kappa shape index (κ3) is 8.61. The predicted molar refractivity (Wildman–Crippen MR) is 155 cm³/mol. The number of nitrogens with one attached hydrogen (secondary N) is 2. The third-order valence-corrected chi connectivity index (χ3v) is 6.83. The molecule has 1 aliphatic rings. The lowest BCUT2D eigenvalue weighted by molar-refractivity contribution is -0.173. The fourth-order valence-electron chi connectivity index (χ4n) is 4.53. The summed E-state index contributed by atoms with van der Waals surface area (Å²) < 4.78 is 11.1. The quantitative estimate of drug-likeness (QED) is 0.258. The average Bonchev–Trinajstić information content (AvgIpc) is 2.95. The lowest BCUT2D eigenvalue weighted by Gasteiger charge is -2.39. The zero-order chi connectivity index (χ0) is 31.9. The second-order valence-electron chi connectivity index (χ2n) is 11.1. The van der Waals surface area contributed by atoms with Gasteiger partial charge in [0.15, 0.2) is 5.60 Å². The van der Waals surface area contributed by atoms with Gasteiger partial charge < -0.3 is 35.1 Å². The minimum absolute atomic E-state index is 0.0138. The summed E-state index contributed by atoms with van der Waals surface area (Å²) in [4.78, 5) is 69.4. The van der Waals surface area contributed by atoms with Gasteiger partial charge in [-0.3, -0.25) is 19.2 Å². The molecule has 3 rings (SSSR count). The van der Waals surface area contributed by atoms with E-state index in [0.29, 0.717) is 5.69 Å². The van der Waals surface area contributed by atoms with Crippen LogP contribution in [-0.4, -0.2) is 94.7 Å². The molecule has 4 N–H and O–H groups in total. The van der Waals surface area contributed by atoms with E-state index in [1.54, 1.807) is 12.1 Å². The highest BCUT2D eigenvalue weighted by Gasteiger charge is 2.55. The number of benzene rings is 1. The van der Waals surface area contributed by atoms with Crippen LogP contribution in [0.25, 0.3) is 11.3 Å². The third-order valence-electron chi connectivity index (χ3n) is 6.83. The van der Waals surface area contributed by atoms with Crippen molar-refractivity contribution in [1.82, 2.24) is 20.5 Å². The maximum atomic E-state index is 13.4. The largest absolute Gasteiger partial charge is 0.552 e. The van der Waals surface area contributed by atoms with Crippen molar-refractivity contribution >= 4 is 36.8 Å². The fraction of sp³-hybridized carbons (Fsp3) is 0.448. The Kier molecular flexibility index (Phi) is 11.0. The Balaban J connectivity index is 1.82. The van der Waals surface area contributed by atoms with Crippen LogP contribution < -0.4 is 10.6 Å². The molecular formula is C29H37BN4O9. The average molecular weight is 596 g/mol. The van der Waals surface area contributed by atoms with Gasteiger partial charge in [0.2, 0.25) is 11.8 Å². The molecule has 0 bridgehead atoms. The number of aliphatic hydroxyl groups is 1. The monoisotopic (exact) mass is 596 g/mol. The minimum atomic E-state index is -2.21. The maximum Gasteiger partial charge on any atom is 0.552 e. The number of nitrogens with zero attached hydrogens (tertiary/aromatic N) is 2. The van der Waals surface area contributed by atoms with E-state index in [9.17, 15) is 34.2 Å². The number of carbonyl (C=O) groups is 5. The number of carboxylic acids is 1. The number of aliphatic carboxylic acids is 1. The van der Waals surface area contributed by atoms with Crippen molar-refractivity contribution in [3.05, 3.63) is 54.2 Å². The van der Waals surface area contributed by atoms with Crippen LogP contribution >= 0.6 is 0 Å². The molecule has 4 atom stereocenters. The van der Waals surface area contributed by atoms with E-state index >= 15 is 0 Å². The SMILES string of the molecule is CC(C)C[C@H](NC(=O)C(NC(=O)c1cccc(-c2ccccc2)n1)[C@@H](C)O)B1OC(=O)C[C@@](CC(=O)N(C)C)(C(=O)O)O1. The predicted octanol–water partition coefficient (Wildman–Crippen LogP) is 1.05. The van der Waals surface area contributed by atoms with Gasteiger partial charge in [0.1, 0.15) is 11.7 Å². The highest BCUT2D eigenvalue weighted by Crippen LogP contribution is 2.30. The first-order valence-electron chi connectivity index (χ1n) is 13.8. The molecule has 1 unspecified atom stereocenters. The second kappa shape index (κ2) is 14.3. The number of rotatable bonds is 12. The number of amides is 3. The number of hydrogen-bond donors (Lipinski definition) is 4. The molecule has 2 aromatic rings. The molecule has 1 fully saturated rings. The molecule has 43 heavy (non-hydrogen) atoms. The first-order valence-corrected chi connectivity index (χ1v) is 13.8. The van der Waals surface area contributed by atoms with Crippen molar-refractivity contribution in [3.63, 3.8) is 0 Å². The fourth-order valence-corrected chi connectivity index (χ4v) is 4.53. The maximum absolute atomic E-state index is 13.4. The summed E-state index contributed by atoms with van der Waals surface area (Å²) in [5, 5.41) is 25.6. The molecule has 0 radical (unpaired) electrons. The van der Waals surface area contributed by atoms with Gasteiger partial charge in [-0.05, 0) is 31.4 Å². The number of aliphatic hydroxyl groups excluding tert-OH is 1. The number of hydrogen-bond acceptors (Lipinski definition) is 9. The topological polar surface area (TPSA) is 184 Å². The van der Waals surface area contributed by atoms with Gasteiger partial charge in [0.25, 0.3) is 11.9 Å². The zero-order valence-electron chi connectivity index (χ0n) is 24.8. The van der Waals surface area contributed by atoms with E-state index in [0.717, 1.165) is 5.56 Å². The molecule has 2 heterocycles. The van der Waals surface area contributed by atoms with Crippen LogP contribution in [0.4, 0.5) is 0 Å². The van der Waals surface area contributed by atoms with Gasteiger partial charge in [-0.25, -0.2) is 9.78 Å². The smallest absolute Gasteiger partial charge is 0.508 e. The highest BCUT2D eigenvalue weighted by molar-refractivity contribution is 6.50. The van der Waals surface area contributed by atoms with Crippen molar-refractivity contribution in [2.75, 3.05) is 14.1 Å². The Morgan fingerprint density at radius 1 is 1.05 bits per heavy atom. The van der Waals surface area contributed by atoms with Gasteiger partial charge >= 0.3 is 13.1 Å². The molecule has 1 aromatic carbocycles. The van der Waals surface area contributed by atoms with Gasteiger partial charge in [-0.1, -0.05) is 50.2 Å². The van der Waals surface area contributed by atoms with Crippen molar-refractivity contribution in [2.45, 2.75) is 63.7 Å². The molecule has 1 aromatic heterocycles. The standard InChI is InChI=1S/C29H37BN4O9/c1-17(2)14-22(30-42-24(37)16-29(43-30,28(40)41)15-23(36)34(4)5)32-27(39)25(18(3)35)33-26(38)21-13-9-12-20(31-21)19-10-7-6-8-11-19/h6-13,17-18,22,25,35H,14-16H2,1-5H3,(H,32,39)(H,33,38)(H,40,41)/t18-,22+,25?,29+/m1/s1. The van der Waals surface area contributed by atoms with E-state index in [4.69, 9.17) is 9.31 Å². The molecular weight excluding hydrogens is 559 g/mol. The van der Waals surface area contributed by atoms with Crippen LogP contribution in [0.5, 0.6) is 0 Å². The van der Waals surface area contributed by atoms with Gasteiger partial charge in [-0.15, -0.1) is 0 Å². The summed E-state index contributed by atoms with van der Waals surface area (Å²) in [6.07, 6.45) is -2.53. The summed E-state index contributed by atoms with van der Waals surface area (Å²) in [7, 11) is 1.32. The molecule has 1 saturated heterocycles. The lowest BCUT2D eigenvalue weighted by atomic mass is 9.70. The van der Waals surface area contributed by atoms with Crippen LogP contribution in [0.2, 0.25) is 0 Å². The summed E-state index contributed by atoms with van der Waals surface area (Å²) in [6, 6.07) is 12.6. The lowest BCUT2D eigenvalue weighted by Crippen LogP contribution is -2.63. The zero-order valence-corrected chi connectivity index (χ0v) is 24.8. The number of carbonyl (C=O) groups excluding carboxylic acids is 4. The summed E-state index contributed by atoms with van der Waals surface area (Å²) in [5.74, 6) is -5.75. The van der Waals surface area contributed by atoms with Crippen LogP contribution in [0.1, 0.15) is 50.5 Å². The van der Waals surface area contributed by atoms with Gasteiger partial charge in [0.05, 0.1) is 30.6 Å². The molecule has 0 spiro atoms. The summed E-state index contributed by atoms with van der Waals surface area (Å²) in [6.45, 7) is 4.96. The summed E-state index contributed by atoms with van der Waals surface area (Å²) >= 11 is 0. The number of pyridine rings is 1. The van der Waals surface area contributed by atoms with Crippen LogP contribution in [0, 0.1) is 5.92 Å². The van der Waals surface area contributed by atoms with Crippen LogP contribution in [0.15, 0.2) is 48.5 Å². The molecule has 0 aliphatic carbocycles. The van der Waals surface area contributed by atoms with Crippen molar-refractivity contribution in [2.24, 2.45) is 5.92 Å². The van der Waals surface area contributed by atoms with E-state index in [2.05, 4.69) is 15.6 Å². The van der Waals surface area contributed by atoms with Gasteiger partial charge in [0, 0.05) is 19.7 Å². The van der Waals surface area contributed by atoms with E-state index in [1.807, 2.05) is 44.2 Å². The summed E-state index contributed by atoms with van der Waals surface area (Å²) in [5.41, 5.74) is -0.881. The molecule has 13 nitrogen and oxygen atoms in total. The molecule has 3 amide bonds. The van der Waals surface area contributed by atoms with Crippen molar-refractivity contribution in [3.8, 4) is 11.3 Å². The van der Waals surface area contributed by atoms with Crippen molar-refractivity contribution < 1.29 is 43.5 Å². The molecule has 230 valence electrons. The number of carboxylic acid groups (broad SMARTS) is 1. The Morgan fingerprint density at radius 3 is 2.30 bits per heavy atom. The first kappa shape index (κ1) is 33.2. The van der Waals surface area contributed by atoms with Crippen molar-refractivity contribution in [1.29, 1.82) is 0 Å². The molecule has 1 aliphatic heterocycles. The Labute approximate surface area is 250 Å². The first-order chi connectivity index (χ1) is 20.2. The van der Waals surface area contributed by atoms with E-state index < -0.39 is 73.3 Å². The van der Waals surface area contributed by atoms with Gasteiger partial charge in [-0.2, -0.15) is 0 Å². The minimum Gasteiger partial charge on any atom is -0.508 e. The Hall–Kier alpha value is -4.30. The van der Waals surface area contributed by atoms with E-state index in [-0.39, 0.29) is 18.0 Å². The normalized spacial score (nSPS) is 18.7.